The van der Waals surface area contributed by atoms with Crippen molar-refractivity contribution in [1.29, 1.82) is 5.26 Å². The molecule has 4 nitrogen and oxygen atoms in total. The molecule has 0 heterocycles. The molecule has 0 aliphatic carbocycles. The number of halogens is 2. The van der Waals surface area contributed by atoms with E-state index in [1.165, 1.54) is 6.07 Å². The van der Waals surface area contributed by atoms with E-state index in [0.717, 1.165) is 0 Å². The highest BCUT2D eigenvalue weighted by molar-refractivity contribution is 9.10. The van der Waals surface area contributed by atoms with Crippen molar-refractivity contribution in [2.45, 2.75) is 4.90 Å². The number of nitriles is 1. The van der Waals surface area contributed by atoms with Crippen LogP contribution in [0.2, 0.25) is 0 Å². The molecule has 2 aromatic rings. The predicted molar refractivity (Wildman–Crippen MR) is 83.8 cm³/mol. The van der Waals surface area contributed by atoms with Gasteiger partial charge in [0, 0.05) is 8.95 Å². The fourth-order valence-corrected chi connectivity index (χ4v) is 4.00. The van der Waals surface area contributed by atoms with Gasteiger partial charge < -0.3 is 0 Å². The second-order valence-electron chi connectivity index (χ2n) is 3.84. The van der Waals surface area contributed by atoms with Gasteiger partial charge in [-0.2, -0.15) is 5.26 Å². The van der Waals surface area contributed by atoms with Crippen LogP contribution in [0.1, 0.15) is 5.56 Å². The Labute approximate surface area is 133 Å². The topological polar surface area (TPSA) is 70.0 Å². The maximum absolute atomic E-state index is 12.3. The summed E-state index contributed by atoms with van der Waals surface area (Å²) in [5.41, 5.74) is 0.487. The van der Waals surface area contributed by atoms with Gasteiger partial charge in [-0.25, -0.2) is 8.42 Å². The lowest BCUT2D eigenvalue weighted by Crippen LogP contribution is -2.14. The van der Waals surface area contributed by atoms with Crippen LogP contribution in [-0.4, -0.2) is 8.42 Å². The molecular weight excluding hydrogens is 408 g/mol. The Morgan fingerprint density at radius 3 is 2.45 bits per heavy atom. The molecule has 20 heavy (non-hydrogen) atoms. The summed E-state index contributed by atoms with van der Waals surface area (Å²) < 4.78 is 28.2. The molecule has 0 amide bonds. The first-order valence-electron chi connectivity index (χ1n) is 5.41. The summed E-state index contributed by atoms with van der Waals surface area (Å²) in [5, 5.41) is 9.02. The molecule has 0 radical (unpaired) electrons. The first-order valence-corrected chi connectivity index (χ1v) is 8.48. The fraction of sp³-hybridized carbons (Fsp3) is 0. The van der Waals surface area contributed by atoms with E-state index in [9.17, 15) is 8.42 Å². The molecule has 7 heteroatoms. The highest BCUT2D eigenvalue weighted by Crippen LogP contribution is 2.27. The van der Waals surface area contributed by atoms with Gasteiger partial charge in [-0.15, -0.1) is 0 Å². The molecular formula is C13H8Br2N2O2S. The smallest absolute Gasteiger partial charge is 0.263 e. The number of hydrogen-bond acceptors (Lipinski definition) is 3. The number of nitrogens with one attached hydrogen (secondary N) is 1. The van der Waals surface area contributed by atoms with Gasteiger partial charge in [-0.1, -0.05) is 28.1 Å². The number of hydrogen-bond donors (Lipinski definition) is 1. The molecule has 0 aliphatic heterocycles. The molecule has 0 spiro atoms. The molecule has 0 aromatic heterocycles. The Kier molecular flexibility index (Phi) is 4.48. The average Bonchev–Trinajstić information content (AvgIpc) is 2.39. The van der Waals surface area contributed by atoms with Gasteiger partial charge in [-0.3, -0.25) is 4.72 Å². The standard InChI is InChI=1S/C13H8Br2N2O2S/c14-10-6-5-9(8-16)12(7-10)17-20(18,19)13-4-2-1-3-11(13)15/h1-7,17H. The van der Waals surface area contributed by atoms with E-state index in [2.05, 4.69) is 36.6 Å². The van der Waals surface area contributed by atoms with Crippen molar-refractivity contribution in [2.24, 2.45) is 0 Å². The van der Waals surface area contributed by atoms with Crippen molar-refractivity contribution in [3.05, 3.63) is 57.0 Å². The average molecular weight is 416 g/mol. The van der Waals surface area contributed by atoms with Crippen LogP contribution in [0.5, 0.6) is 0 Å². The number of benzene rings is 2. The first-order chi connectivity index (χ1) is 9.44. The number of anilines is 1. The number of rotatable bonds is 3. The lowest BCUT2D eigenvalue weighted by atomic mass is 10.2. The highest BCUT2D eigenvalue weighted by atomic mass is 79.9. The van der Waals surface area contributed by atoms with Gasteiger partial charge in [0.15, 0.2) is 0 Å². The lowest BCUT2D eigenvalue weighted by Gasteiger charge is -2.11. The van der Waals surface area contributed by atoms with E-state index in [0.29, 0.717) is 8.95 Å². The fourth-order valence-electron chi connectivity index (χ4n) is 1.56. The molecule has 1 N–H and O–H groups in total. The van der Waals surface area contributed by atoms with Crippen LogP contribution in [0.25, 0.3) is 0 Å². The molecule has 0 bridgehead atoms. The van der Waals surface area contributed by atoms with Crippen LogP contribution in [0.3, 0.4) is 0 Å². The summed E-state index contributed by atoms with van der Waals surface area (Å²) in [7, 11) is -3.76. The van der Waals surface area contributed by atoms with Gasteiger partial charge in [-0.05, 0) is 46.3 Å². The Bertz CT molecular complexity index is 798. The van der Waals surface area contributed by atoms with Crippen LogP contribution in [-0.2, 0) is 10.0 Å². The molecule has 0 unspecified atom stereocenters. The zero-order valence-electron chi connectivity index (χ0n) is 9.97. The maximum Gasteiger partial charge on any atom is 0.263 e. The summed E-state index contributed by atoms with van der Waals surface area (Å²) in [5.74, 6) is 0. The molecule has 0 saturated carbocycles. The van der Waals surface area contributed by atoms with E-state index in [-0.39, 0.29) is 16.1 Å². The third kappa shape index (κ3) is 3.20. The molecule has 0 saturated heterocycles. The van der Waals surface area contributed by atoms with E-state index in [1.54, 1.807) is 36.4 Å². The normalized spacial score (nSPS) is 10.8. The minimum atomic E-state index is -3.76. The lowest BCUT2D eigenvalue weighted by molar-refractivity contribution is 0.600. The second kappa shape index (κ2) is 5.95. The first kappa shape index (κ1) is 15.0. The van der Waals surface area contributed by atoms with Crippen molar-refractivity contribution in [3.8, 4) is 6.07 Å². The van der Waals surface area contributed by atoms with Crippen LogP contribution >= 0.6 is 31.9 Å². The molecule has 102 valence electrons. The quantitative estimate of drug-likeness (QED) is 0.826. The summed E-state index contributed by atoms with van der Waals surface area (Å²) in [6.45, 7) is 0. The summed E-state index contributed by atoms with van der Waals surface area (Å²) in [6, 6.07) is 13.2. The molecule has 2 rings (SSSR count). The number of nitrogens with zero attached hydrogens (tertiary/aromatic N) is 1. The third-order valence-corrected chi connectivity index (χ3v) is 5.34. The summed E-state index contributed by atoms with van der Waals surface area (Å²) in [6.07, 6.45) is 0. The highest BCUT2D eigenvalue weighted by Gasteiger charge is 2.18. The Morgan fingerprint density at radius 2 is 1.80 bits per heavy atom. The molecule has 0 atom stereocenters. The Morgan fingerprint density at radius 1 is 1.10 bits per heavy atom. The molecule has 0 fully saturated rings. The summed E-state index contributed by atoms with van der Waals surface area (Å²) in [4.78, 5) is 0.115. The van der Waals surface area contributed by atoms with Crippen molar-refractivity contribution in [3.63, 3.8) is 0 Å². The molecule has 0 aliphatic rings. The van der Waals surface area contributed by atoms with Crippen LogP contribution < -0.4 is 4.72 Å². The Hall–Kier alpha value is -1.36. The van der Waals surface area contributed by atoms with Crippen LogP contribution in [0.15, 0.2) is 56.3 Å². The van der Waals surface area contributed by atoms with Crippen LogP contribution in [0, 0.1) is 11.3 Å². The van der Waals surface area contributed by atoms with Crippen molar-refractivity contribution in [1.82, 2.24) is 0 Å². The monoisotopic (exact) mass is 414 g/mol. The van der Waals surface area contributed by atoms with E-state index < -0.39 is 10.0 Å². The molecule has 2 aromatic carbocycles. The van der Waals surface area contributed by atoms with Crippen molar-refractivity contribution >= 4 is 47.6 Å². The number of sulfonamides is 1. The minimum absolute atomic E-state index is 0.115. The largest absolute Gasteiger partial charge is 0.278 e. The van der Waals surface area contributed by atoms with E-state index in [4.69, 9.17) is 5.26 Å². The van der Waals surface area contributed by atoms with Gasteiger partial charge >= 0.3 is 0 Å². The Balaban J connectivity index is 2.47. The SMILES string of the molecule is N#Cc1ccc(Br)cc1NS(=O)(=O)c1ccccc1Br. The van der Waals surface area contributed by atoms with E-state index >= 15 is 0 Å². The predicted octanol–water partition coefficient (Wildman–Crippen LogP) is 3.88. The summed E-state index contributed by atoms with van der Waals surface area (Å²) >= 11 is 6.45. The van der Waals surface area contributed by atoms with Crippen molar-refractivity contribution < 1.29 is 8.42 Å². The van der Waals surface area contributed by atoms with Gasteiger partial charge in [0.05, 0.1) is 11.3 Å². The van der Waals surface area contributed by atoms with Gasteiger partial charge in [0.25, 0.3) is 10.0 Å². The van der Waals surface area contributed by atoms with Gasteiger partial charge in [0.2, 0.25) is 0 Å². The van der Waals surface area contributed by atoms with Crippen molar-refractivity contribution in [2.75, 3.05) is 4.72 Å². The van der Waals surface area contributed by atoms with E-state index in [1.807, 2.05) is 6.07 Å². The van der Waals surface area contributed by atoms with Crippen LogP contribution in [0.4, 0.5) is 5.69 Å². The second-order valence-corrected chi connectivity index (χ2v) is 7.26. The zero-order chi connectivity index (χ0) is 14.8. The minimum Gasteiger partial charge on any atom is -0.278 e. The third-order valence-electron chi connectivity index (χ3n) is 2.47. The van der Waals surface area contributed by atoms with Gasteiger partial charge in [0.1, 0.15) is 11.0 Å². The maximum atomic E-state index is 12.3. The zero-order valence-corrected chi connectivity index (χ0v) is 14.0.